The minimum absolute atomic E-state index is 0.0932. The van der Waals surface area contributed by atoms with Gasteiger partial charge in [0.1, 0.15) is 11.4 Å². The van der Waals surface area contributed by atoms with Crippen LogP contribution in [0.3, 0.4) is 0 Å². The van der Waals surface area contributed by atoms with Crippen molar-refractivity contribution in [2.75, 3.05) is 13.2 Å². The lowest BCUT2D eigenvalue weighted by atomic mass is 10.2. The summed E-state index contributed by atoms with van der Waals surface area (Å²) in [6.45, 7) is 4.07. The lowest BCUT2D eigenvalue weighted by Gasteiger charge is -2.16. The highest BCUT2D eigenvalue weighted by Crippen LogP contribution is 2.51. The second-order valence-electron chi connectivity index (χ2n) is 6.35. The molecule has 1 heterocycles. The summed E-state index contributed by atoms with van der Waals surface area (Å²) >= 11 is 0. The summed E-state index contributed by atoms with van der Waals surface area (Å²) in [6, 6.07) is 12.2. The summed E-state index contributed by atoms with van der Waals surface area (Å²) in [6.07, 6.45) is 0.123. The van der Waals surface area contributed by atoms with Crippen LogP contribution in [0.1, 0.15) is 29.9 Å². The van der Waals surface area contributed by atoms with E-state index in [0.717, 1.165) is 10.9 Å². The van der Waals surface area contributed by atoms with Crippen molar-refractivity contribution in [1.29, 1.82) is 0 Å². The number of nitrogens with one attached hydrogen (secondary N) is 1. The molecule has 0 bridgehead atoms. The van der Waals surface area contributed by atoms with E-state index in [-0.39, 0.29) is 36.5 Å². The maximum atomic E-state index is 12.7. The zero-order valence-electron chi connectivity index (χ0n) is 16.5. The summed E-state index contributed by atoms with van der Waals surface area (Å²) in [5, 5.41) is 11.4. The molecule has 3 aromatic rings. The van der Waals surface area contributed by atoms with Crippen LogP contribution in [0.2, 0.25) is 0 Å². The van der Waals surface area contributed by atoms with E-state index in [0.29, 0.717) is 5.52 Å². The number of esters is 1. The van der Waals surface area contributed by atoms with Crippen molar-refractivity contribution >= 4 is 30.2 Å². The van der Waals surface area contributed by atoms with E-state index in [1.165, 1.54) is 24.3 Å². The third-order valence-electron chi connectivity index (χ3n) is 4.19. The molecule has 9 nitrogen and oxygen atoms in total. The quantitative estimate of drug-likeness (QED) is 0.165. The number of rotatable bonds is 9. The van der Waals surface area contributed by atoms with Gasteiger partial charge in [0.2, 0.25) is 0 Å². The molecule has 1 aromatic heterocycles. The monoisotopic (exact) mass is 432 g/mol. The first-order valence-corrected chi connectivity index (χ1v) is 11.0. The van der Waals surface area contributed by atoms with E-state index in [9.17, 15) is 19.5 Å². The fraction of sp³-hybridized carbons (Fsp3) is 0.250. The van der Waals surface area contributed by atoms with Crippen molar-refractivity contribution in [2.45, 2.75) is 20.0 Å². The maximum absolute atomic E-state index is 12.7. The summed E-state index contributed by atoms with van der Waals surface area (Å²) in [5.41, 5.74) is 1.58. The van der Waals surface area contributed by atoms with E-state index in [1.807, 2.05) is 0 Å². The molecule has 1 N–H and O–H groups in total. The van der Waals surface area contributed by atoms with Gasteiger partial charge in [0, 0.05) is 23.0 Å². The predicted molar refractivity (Wildman–Crippen MR) is 111 cm³/mol. The fourth-order valence-electron chi connectivity index (χ4n) is 2.93. The van der Waals surface area contributed by atoms with Gasteiger partial charge < -0.3 is 18.8 Å². The molecule has 0 aliphatic carbocycles. The molecule has 0 saturated carbocycles. The van der Waals surface area contributed by atoms with Crippen LogP contribution in [-0.2, 0) is 19.8 Å². The van der Waals surface area contributed by atoms with Crippen molar-refractivity contribution in [2.24, 2.45) is 0 Å². The van der Waals surface area contributed by atoms with Gasteiger partial charge in [0.05, 0.1) is 24.3 Å². The predicted octanol–water partition coefficient (Wildman–Crippen LogP) is 5.06. The lowest BCUT2D eigenvalue weighted by Crippen LogP contribution is -2.08. The molecule has 3 rings (SSSR count). The highest BCUT2D eigenvalue weighted by Gasteiger charge is 2.24. The number of hydrogen-bond acceptors (Lipinski definition) is 7. The number of carbonyl (C=O) groups excluding carboxylic acids is 1. The van der Waals surface area contributed by atoms with Crippen LogP contribution in [0, 0.1) is 10.1 Å². The molecule has 0 amide bonds. The van der Waals surface area contributed by atoms with Crippen LogP contribution in [-0.4, -0.2) is 29.1 Å². The van der Waals surface area contributed by atoms with Crippen molar-refractivity contribution in [1.82, 2.24) is 4.98 Å². The summed E-state index contributed by atoms with van der Waals surface area (Å²) in [7, 11) is -3.24. The Morgan fingerprint density at radius 1 is 1.07 bits per heavy atom. The molecule has 0 saturated heterocycles. The van der Waals surface area contributed by atoms with Gasteiger partial charge in [-0.05, 0) is 49.7 Å². The van der Waals surface area contributed by atoms with Crippen molar-refractivity contribution < 1.29 is 28.1 Å². The van der Waals surface area contributed by atoms with E-state index in [1.54, 1.807) is 38.1 Å². The molecule has 30 heavy (non-hydrogen) atoms. The Balaban J connectivity index is 1.77. The number of H-pyrrole nitrogens is 1. The zero-order valence-corrected chi connectivity index (χ0v) is 17.4. The van der Waals surface area contributed by atoms with Gasteiger partial charge in [-0.15, -0.1) is 0 Å². The molecule has 0 aliphatic rings. The van der Waals surface area contributed by atoms with E-state index < -0.39 is 18.5 Å². The minimum Gasteiger partial charge on any atom is -0.422 e. The van der Waals surface area contributed by atoms with Crippen molar-refractivity contribution in [3.05, 3.63) is 69.9 Å². The number of hydrogen-bond donors (Lipinski definition) is 1. The van der Waals surface area contributed by atoms with Gasteiger partial charge in [-0.1, -0.05) is 6.07 Å². The number of nitrogens with zero attached hydrogens (tertiary/aromatic N) is 1. The van der Waals surface area contributed by atoms with Gasteiger partial charge in [-0.25, -0.2) is 4.79 Å². The van der Waals surface area contributed by atoms with E-state index >= 15 is 0 Å². The maximum Gasteiger partial charge on any atom is 0.360 e. The smallest absolute Gasteiger partial charge is 0.360 e. The standard InChI is InChI=1S/C20H21N2O7P/c1-3-27-30(26,28-4-2)13-14-5-10-18-15(11-14)12-19(21-18)20(23)29-17-8-6-16(7-9-17)22(24)25/h5-12,21H,3-4,13H2,1-2H3. The SMILES string of the molecule is CCOP(=O)(Cc1ccc2[nH]c(C(=O)Oc3ccc([N+](=O)[O-])cc3)cc2c1)OCC. The largest absolute Gasteiger partial charge is 0.422 e. The van der Waals surface area contributed by atoms with Crippen LogP contribution in [0.5, 0.6) is 5.75 Å². The van der Waals surface area contributed by atoms with E-state index in [2.05, 4.69) is 4.98 Å². The van der Waals surface area contributed by atoms with Gasteiger partial charge in [-0.3, -0.25) is 14.7 Å². The normalized spacial score (nSPS) is 11.5. The van der Waals surface area contributed by atoms with Crippen molar-refractivity contribution in [3.63, 3.8) is 0 Å². The zero-order chi connectivity index (χ0) is 21.7. The summed E-state index contributed by atoms with van der Waals surface area (Å²) in [5.74, 6) is -0.435. The molecule has 2 aromatic carbocycles. The molecule has 0 unspecified atom stereocenters. The third kappa shape index (κ3) is 5.13. The Kier molecular flexibility index (Phi) is 6.66. The number of aromatic nitrogens is 1. The molecular weight excluding hydrogens is 411 g/mol. The number of carbonyl (C=O) groups is 1. The number of aromatic amines is 1. The van der Waals surface area contributed by atoms with Gasteiger partial charge in [0.25, 0.3) is 5.69 Å². The summed E-state index contributed by atoms with van der Waals surface area (Å²) in [4.78, 5) is 25.6. The topological polar surface area (TPSA) is 121 Å². The summed E-state index contributed by atoms with van der Waals surface area (Å²) < 4.78 is 28.7. The number of ether oxygens (including phenoxy) is 1. The van der Waals surface area contributed by atoms with Gasteiger partial charge >= 0.3 is 13.6 Å². The second-order valence-corrected chi connectivity index (χ2v) is 8.40. The Morgan fingerprint density at radius 2 is 1.73 bits per heavy atom. The first-order chi connectivity index (χ1) is 14.3. The first kappa shape index (κ1) is 21.7. The Hall–Kier alpha value is -3.00. The highest BCUT2D eigenvalue weighted by molar-refractivity contribution is 7.53. The highest BCUT2D eigenvalue weighted by atomic mass is 31.2. The minimum atomic E-state index is -3.24. The number of non-ortho nitro benzene ring substituents is 1. The second kappa shape index (κ2) is 9.21. The Morgan fingerprint density at radius 3 is 2.33 bits per heavy atom. The van der Waals surface area contributed by atoms with Crippen LogP contribution in [0.4, 0.5) is 5.69 Å². The fourth-order valence-corrected chi connectivity index (χ4v) is 4.62. The lowest BCUT2D eigenvalue weighted by molar-refractivity contribution is -0.384. The van der Waals surface area contributed by atoms with Crippen LogP contribution >= 0.6 is 7.60 Å². The number of nitro groups is 1. The third-order valence-corrected chi connectivity index (χ3v) is 6.25. The van der Waals surface area contributed by atoms with Gasteiger partial charge in [0.15, 0.2) is 0 Å². The first-order valence-electron chi connectivity index (χ1n) is 9.30. The molecule has 0 spiro atoms. The van der Waals surface area contributed by atoms with Crippen LogP contribution in [0.15, 0.2) is 48.5 Å². The van der Waals surface area contributed by atoms with E-state index in [4.69, 9.17) is 13.8 Å². The average molecular weight is 432 g/mol. The molecule has 0 radical (unpaired) electrons. The molecule has 10 heteroatoms. The average Bonchev–Trinajstić information content (AvgIpc) is 3.12. The number of benzene rings is 2. The molecule has 0 aliphatic heterocycles. The molecular formula is C20H21N2O7P. The Labute approximate surface area is 172 Å². The number of fused-ring (bicyclic) bond motifs is 1. The molecule has 0 atom stereocenters. The van der Waals surface area contributed by atoms with Crippen LogP contribution < -0.4 is 4.74 Å². The number of nitro benzene ring substituents is 1. The molecule has 158 valence electrons. The Bertz CT molecular complexity index is 1100. The van der Waals surface area contributed by atoms with Crippen molar-refractivity contribution in [3.8, 4) is 5.75 Å². The van der Waals surface area contributed by atoms with Crippen LogP contribution in [0.25, 0.3) is 10.9 Å². The molecule has 0 fully saturated rings. The van der Waals surface area contributed by atoms with Gasteiger partial charge in [-0.2, -0.15) is 0 Å².